The lowest BCUT2D eigenvalue weighted by atomic mass is 9.93. The van der Waals surface area contributed by atoms with Gasteiger partial charge in [0, 0.05) is 31.3 Å². The summed E-state index contributed by atoms with van der Waals surface area (Å²) in [7, 11) is 0. The fraction of sp³-hybridized carbons (Fsp3) is 0.818. The first-order valence-corrected chi connectivity index (χ1v) is 6.21. The van der Waals surface area contributed by atoms with Crippen molar-refractivity contribution in [3.05, 3.63) is 0 Å². The molecule has 0 saturated carbocycles. The van der Waals surface area contributed by atoms with E-state index in [0.29, 0.717) is 18.2 Å². The van der Waals surface area contributed by atoms with Gasteiger partial charge in [0.2, 0.25) is 11.8 Å². The highest BCUT2D eigenvalue weighted by Gasteiger charge is 2.26. The molecule has 0 aliphatic carbocycles. The maximum atomic E-state index is 11.8. The molecule has 0 radical (unpaired) electrons. The molecule has 1 fully saturated rings. The Kier molecular flexibility index (Phi) is 5.06. The molecule has 2 N–H and O–H groups in total. The number of piperidine rings is 1. The standard InChI is InChI=1S/C11H19ClN2O2/c1-8(7-12)11(16)14-4-2-9(3-5-14)6-10(13)15/h8-9H,2-7H2,1H3,(H2,13,15). The highest BCUT2D eigenvalue weighted by molar-refractivity contribution is 6.19. The fourth-order valence-corrected chi connectivity index (χ4v) is 2.15. The molecule has 5 heteroatoms. The van der Waals surface area contributed by atoms with Crippen molar-refractivity contribution in [2.24, 2.45) is 17.6 Å². The average Bonchev–Trinajstić information content (AvgIpc) is 2.27. The Balaban J connectivity index is 2.37. The van der Waals surface area contributed by atoms with Crippen LogP contribution in [-0.4, -0.2) is 35.7 Å². The molecule has 0 aromatic heterocycles. The maximum Gasteiger partial charge on any atom is 0.226 e. The van der Waals surface area contributed by atoms with Gasteiger partial charge in [-0.15, -0.1) is 11.6 Å². The van der Waals surface area contributed by atoms with Gasteiger partial charge in [0.15, 0.2) is 0 Å². The summed E-state index contributed by atoms with van der Waals surface area (Å²) in [5, 5.41) is 0. The van der Waals surface area contributed by atoms with Crippen molar-refractivity contribution in [1.29, 1.82) is 0 Å². The lowest BCUT2D eigenvalue weighted by molar-refractivity contribution is -0.135. The third-order valence-electron chi connectivity index (χ3n) is 3.07. The molecule has 1 aliphatic heterocycles. The van der Waals surface area contributed by atoms with Crippen molar-refractivity contribution in [2.45, 2.75) is 26.2 Å². The number of nitrogens with zero attached hydrogens (tertiary/aromatic N) is 1. The third-order valence-corrected chi connectivity index (χ3v) is 3.53. The first kappa shape index (κ1) is 13.3. The van der Waals surface area contributed by atoms with E-state index in [2.05, 4.69) is 0 Å². The van der Waals surface area contributed by atoms with Crippen molar-refractivity contribution in [3.63, 3.8) is 0 Å². The number of nitrogens with two attached hydrogens (primary N) is 1. The molecule has 1 atom stereocenters. The SMILES string of the molecule is CC(CCl)C(=O)N1CCC(CC(N)=O)CC1. The van der Waals surface area contributed by atoms with Crippen molar-refractivity contribution in [3.8, 4) is 0 Å². The van der Waals surface area contributed by atoms with Gasteiger partial charge in [-0.3, -0.25) is 9.59 Å². The van der Waals surface area contributed by atoms with E-state index in [-0.39, 0.29) is 17.7 Å². The Morgan fingerprint density at radius 1 is 1.44 bits per heavy atom. The van der Waals surface area contributed by atoms with E-state index in [1.54, 1.807) is 0 Å². The zero-order valence-electron chi connectivity index (χ0n) is 9.62. The van der Waals surface area contributed by atoms with Gasteiger partial charge in [0.25, 0.3) is 0 Å². The van der Waals surface area contributed by atoms with Crippen LogP contribution in [0, 0.1) is 11.8 Å². The van der Waals surface area contributed by atoms with E-state index in [4.69, 9.17) is 17.3 Å². The van der Waals surface area contributed by atoms with E-state index in [1.165, 1.54) is 0 Å². The Labute approximate surface area is 101 Å². The Hall–Kier alpha value is -0.770. The first-order valence-electron chi connectivity index (χ1n) is 5.67. The normalized spacial score (nSPS) is 19.5. The molecule has 92 valence electrons. The number of halogens is 1. The summed E-state index contributed by atoms with van der Waals surface area (Å²) in [5.74, 6) is 0.452. The van der Waals surface area contributed by atoms with Crippen molar-refractivity contribution in [2.75, 3.05) is 19.0 Å². The molecule has 1 rings (SSSR count). The summed E-state index contributed by atoms with van der Waals surface area (Å²) in [6, 6.07) is 0. The van der Waals surface area contributed by atoms with Gasteiger partial charge in [-0.1, -0.05) is 6.92 Å². The number of alkyl halides is 1. The largest absolute Gasteiger partial charge is 0.370 e. The first-order chi connectivity index (χ1) is 7.54. The Morgan fingerprint density at radius 2 is 2.00 bits per heavy atom. The molecule has 1 aliphatic rings. The second-order valence-electron chi connectivity index (χ2n) is 4.49. The van der Waals surface area contributed by atoms with Gasteiger partial charge in [-0.05, 0) is 18.8 Å². The van der Waals surface area contributed by atoms with Crippen molar-refractivity contribution >= 4 is 23.4 Å². The number of likely N-dealkylation sites (tertiary alicyclic amines) is 1. The summed E-state index contributed by atoms with van der Waals surface area (Å²) in [4.78, 5) is 24.4. The van der Waals surface area contributed by atoms with E-state index < -0.39 is 0 Å². The number of amides is 2. The molecule has 0 bridgehead atoms. The predicted molar refractivity (Wildman–Crippen MR) is 63.0 cm³/mol. The van der Waals surface area contributed by atoms with Gasteiger partial charge < -0.3 is 10.6 Å². The number of rotatable bonds is 4. The minimum Gasteiger partial charge on any atom is -0.370 e. The molecule has 0 spiro atoms. The highest BCUT2D eigenvalue weighted by Crippen LogP contribution is 2.21. The van der Waals surface area contributed by atoms with E-state index in [1.807, 2.05) is 11.8 Å². The second-order valence-corrected chi connectivity index (χ2v) is 4.80. The molecule has 4 nitrogen and oxygen atoms in total. The Morgan fingerprint density at radius 3 is 2.44 bits per heavy atom. The van der Waals surface area contributed by atoms with Crippen LogP contribution in [0.2, 0.25) is 0 Å². The summed E-state index contributed by atoms with van der Waals surface area (Å²) < 4.78 is 0. The summed E-state index contributed by atoms with van der Waals surface area (Å²) in [6.07, 6.45) is 2.17. The summed E-state index contributed by atoms with van der Waals surface area (Å²) in [6.45, 7) is 3.28. The smallest absolute Gasteiger partial charge is 0.226 e. The minimum atomic E-state index is -0.251. The maximum absolute atomic E-state index is 11.8. The number of carbonyl (C=O) groups excluding carboxylic acids is 2. The summed E-state index contributed by atoms with van der Waals surface area (Å²) >= 11 is 5.65. The molecular formula is C11H19ClN2O2. The van der Waals surface area contributed by atoms with E-state index >= 15 is 0 Å². The second kappa shape index (κ2) is 6.09. The number of hydrogen-bond acceptors (Lipinski definition) is 2. The quantitative estimate of drug-likeness (QED) is 0.752. The molecule has 2 amide bonds. The fourth-order valence-electron chi connectivity index (χ4n) is 2.02. The zero-order chi connectivity index (χ0) is 12.1. The third kappa shape index (κ3) is 3.67. The van der Waals surface area contributed by atoms with Crippen molar-refractivity contribution < 1.29 is 9.59 Å². The van der Waals surface area contributed by atoms with E-state index in [9.17, 15) is 9.59 Å². The van der Waals surface area contributed by atoms with Crippen LogP contribution in [0.4, 0.5) is 0 Å². The number of hydrogen-bond donors (Lipinski definition) is 1. The molecule has 1 saturated heterocycles. The lowest BCUT2D eigenvalue weighted by Crippen LogP contribution is -2.42. The number of primary amides is 1. The van der Waals surface area contributed by atoms with Gasteiger partial charge in [0.1, 0.15) is 0 Å². The van der Waals surface area contributed by atoms with Gasteiger partial charge in [-0.2, -0.15) is 0 Å². The van der Waals surface area contributed by atoms with Gasteiger partial charge >= 0.3 is 0 Å². The monoisotopic (exact) mass is 246 g/mol. The molecule has 0 aromatic carbocycles. The van der Waals surface area contributed by atoms with Crippen LogP contribution in [0.25, 0.3) is 0 Å². The molecule has 16 heavy (non-hydrogen) atoms. The van der Waals surface area contributed by atoms with Crippen molar-refractivity contribution in [1.82, 2.24) is 4.90 Å². The Bertz CT molecular complexity index is 263. The lowest BCUT2D eigenvalue weighted by Gasteiger charge is -2.32. The van der Waals surface area contributed by atoms with Crippen LogP contribution in [0.1, 0.15) is 26.2 Å². The molecule has 1 heterocycles. The van der Waals surface area contributed by atoms with Crippen LogP contribution < -0.4 is 5.73 Å². The van der Waals surface area contributed by atoms with Crippen LogP contribution in [0.15, 0.2) is 0 Å². The van der Waals surface area contributed by atoms with E-state index in [0.717, 1.165) is 25.9 Å². The predicted octanol–water partition coefficient (Wildman–Crippen LogP) is 0.975. The molecular weight excluding hydrogens is 228 g/mol. The van der Waals surface area contributed by atoms with Crippen LogP contribution in [0.3, 0.4) is 0 Å². The minimum absolute atomic E-state index is 0.116. The van der Waals surface area contributed by atoms with Gasteiger partial charge in [-0.25, -0.2) is 0 Å². The van der Waals surface area contributed by atoms with Crippen LogP contribution in [0.5, 0.6) is 0 Å². The van der Waals surface area contributed by atoms with Crippen LogP contribution >= 0.6 is 11.6 Å². The summed E-state index contributed by atoms with van der Waals surface area (Å²) in [5.41, 5.74) is 5.15. The molecule has 1 unspecified atom stereocenters. The zero-order valence-corrected chi connectivity index (χ0v) is 10.4. The topological polar surface area (TPSA) is 63.4 Å². The molecule has 0 aromatic rings. The average molecular weight is 247 g/mol. The number of carbonyl (C=O) groups is 2. The van der Waals surface area contributed by atoms with Gasteiger partial charge in [0.05, 0.1) is 0 Å². The highest BCUT2D eigenvalue weighted by atomic mass is 35.5. The van der Waals surface area contributed by atoms with Crippen LogP contribution in [-0.2, 0) is 9.59 Å².